The summed E-state index contributed by atoms with van der Waals surface area (Å²) in [7, 11) is 0. The first-order valence-corrected chi connectivity index (χ1v) is 5.69. The van der Waals surface area contributed by atoms with E-state index in [2.05, 4.69) is 24.1 Å². The summed E-state index contributed by atoms with van der Waals surface area (Å²) in [5.74, 6) is 0.482. The maximum atomic E-state index is 11.9. The van der Waals surface area contributed by atoms with Gasteiger partial charge in [-0.15, -0.1) is 12.4 Å². The number of hydrogen-bond donors (Lipinski definition) is 3. The number of carbonyl (C=O) groups is 1. The van der Waals surface area contributed by atoms with E-state index in [4.69, 9.17) is 5.73 Å². The second kappa shape index (κ2) is 7.35. The molecule has 1 aromatic heterocycles. The minimum atomic E-state index is -0.0464. The number of aromatic amines is 1. The Morgan fingerprint density at radius 1 is 1.53 bits per heavy atom. The molecule has 17 heavy (non-hydrogen) atoms. The molecule has 1 amide bonds. The van der Waals surface area contributed by atoms with E-state index in [1.54, 1.807) is 12.3 Å². The Morgan fingerprint density at radius 3 is 2.59 bits per heavy atom. The molecule has 1 aromatic rings. The first-order valence-electron chi connectivity index (χ1n) is 5.69. The molecule has 0 saturated heterocycles. The highest BCUT2D eigenvalue weighted by molar-refractivity contribution is 5.95. The first-order chi connectivity index (χ1) is 7.54. The van der Waals surface area contributed by atoms with Crippen molar-refractivity contribution in [3.63, 3.8) is 0 Å². The Hall–Kier alpha value is -1.00. The van der Waals surface area contributed by atoms with Gasteiger partial charge in [0.25, 0.3) is 5.91 Å². The molecule has 1 rings (SSSR count). The summed E-state index contributed by atoms with van der Waals surface area (Å²) in [5, 5.41) is 2.96. The topological polar surface area (TPSA) is 70.9 Å². The zero-order valence-electron chi connectivity index (χ0n) is 10.6. The maximum Gasteiger partial charge on any atom is 0.253 e. The van der Waals surface area contributed by atoms with Crippen molar-refractivity contribution in [1.29, 1.82) is 0 Å². The molecule has 1 atom stereocenters. The molecule has 0 bridgehead atoms. The fourth-order valence-electron chi connectivity index (χ4n) is 1.74. The van der Waals surface area contributed by atoms with E-state index in [1.165, 1.54) is 0 Å². The molecule has 0 aromatic carbocycles. The average molecular weight is 260 g/mol. The van der Waals surface area contributed by atoms with Crippen LogP contribution in [-0.2, 0) is 0 Å². The number of aryl methyl sites for hydroxylation is 1. The van der Waals surface area contributed by atoms with Gasteiger partial charge in [0.15, 0.2) is 0 Å². The molecule has 98 valence electrons. The van der Waals surface area contributed by atoms with Crippen LogP contribution in [0.25, 0.3) is 0 Å². The number of amides is 1. The lowest BCUT2D eigenvalue weighted by molar-refractivity contribution is 0.0933. The summed E-state index contributed by atoms with van der Waals surface area (Å²) in [5.41, 5.74) is 7.22. The lowest BCUT2D eigenvalue weighted by Gasteiger charge is -2.18. The summed E-state index contributed by atoms with van der Waals surface area (Å²) >= 11 is 0. The van der Waals surface area contributed by atoms with Crippen molar-refractivity contribution in [3.05, 3.63) is 23.5 Å². The van der Waals surface area contributed by atoms with Gasteiger partial charge in [0.2, 0.25) is 0 Å². The number of aromatic nitrogens is 1. The molecule has 0 saturated carbocycles. The van der Waals surface area contributed by atoms with E-state index in [9.17, 15) is 4.79 Å². The molecule has 0 radical (unpaired) electrons. The van der Waals surface area contributed by atoms with E-state index in [0.717, 1.165) is 12.1 Å². The largest absolute Gasteiger partial charge is 0.365 e. The monoisotopic (exact) mass is 259 g/mol. The summed E-state index contributed by atoms with van der Waals surface area (Å²) in [6.45, 7) is 6.61. The van der Waals surface area contributed by atoms with Crippen LogP contribution in [0.2, 0.25) is 0 Å². The summed E-state index contributed by atoms with van der Waals surface area (Å²) in [6.07, 6.45) is 2.68. The number of halogens is 1. The molecule has 0 aliphatic carbocycles. The Bertz CT molecular complexity index is 349. The van der Waals surface area contributed by atoms with Crippen molar-refractivity contribution in [1.82, 2.24) is 10.3 Å². The molecule has 0 aliphatic heterocycles. The van der Waals surface area contributed by atoms with Gasteiger partial charge in [-0.1, -0.05) is 13.8 Å². The van der Waals surface area contributed by atoms with Crippen LogP contribution in [0.5, 0.6) is 0 Å². The summed E-state index contributed by atoms with van der Waals surface area (Å²) in [4.78, 5) is 14.9. The minimum absolute atomic E-state index is 0. The third-order valence-corrected chi connectivity index (χ3v) is 2.57. The predicted octanol–water partition coefficient (Wildman–Crippen LogP) is 1.85. The third kappa shape index (κ3) is 4.79. The Balaban J connectivity index is 0.00000256. The Morgan fingerprint density at radius 2 is 2.18 bits per heavy atom. The number of hydrogen-bond acceptors (Lipinski definition) is 2. The Kier molecular flexibility index (Phi) is 6.92. The standard InChI is InChI=1S/C12H21N3O.ClH/c1-8(2)6-10(7-13)15-12(16)11-4-5-14-9(11)3;/h4-5,8,10,14H,6-7,13H2,1-3H3,(H,15,16);1H. The lowest BCUT2D eigenvalue weighted by atomic mass is 10.0. The highest BCUT2D eigenvalue weighted by Gasteiger charge is 2.15. The number of nitrogens with two attached hydrogens (primary N) is 1. The maximum absolute atomic E-state index is 11.9. The van der Waals surface area contributed by atoms with Crippen LogP contribution >= 0.6 is 12.4 Å². The molecule has 5 heteroatoms. The van der Waals surface area contributed by atoms with Crippen molar-refractivity contribution in [2.75, 3.05) is 6.54 Å². The minimum Gasteiger partial charge on any atom is -0.365 e. The molecule has 1 heterocycles. The van der Waals surface area contributed by atoms with Gasteiger partial charge in [-0.3, -0.25) is 4.79 Å². The highest BCUT2D eigenvalue weighted by atomic mass is 35.5. The van der Waals surface area contributed by atoms with E-state index < -0.39 is 0 Å². The number of rotatable bonds is 5. The second-order valence-corrected chi connectivity index (χ2v) is 4.55. The van der Waals surface area contributed by atoms with E-state index in [1.807, 2.05) is 6.92 Å². The van der Waals surface area contributed by atoms with E-state index in [0.29, 0.717) is 18.0 Å². The predicted molar refractivity (Wildman–Crippen MR) is 72.5 cm³/mol. The van der Waals surface area contributed by atoms with Crippen LogP contribution in [0.1, 0.15) is 36.3 Å². The number of H-pyrrole nitrogens is 1. The first kappa shape index (κ1) is 16.0. The van der Waals surface area contributed by atoms with Gasteiger partial charge in [-0.2, -0.15) is 0 Å². The van der Waals surface area contributed by atoms with E-state index in [-0.39, 0.29) is 24.4 Å². The Labute approximate surface area is 109 Å². The van der Waals surface area contributed by atoms with Crippen LogP contribution < -0.4 is 11.1 Å². The van der Waals surface area contributed by atoms with Gasteiger partial charge in [-0.05, 0) is 25.3 Å². The van der Waals surface area contributed by atoms with Crippen LogP contribution in [0, 0.1) is 12.8 Å². The molecular formula is C12H22ClN3O. The van der Waals surface area contributed by atoms with Crippen LogP contribution in [-0.4, -0.2) is 23.5 Å². The smallest absolute Gasteiger partial charge is 0.253 e. The van der Waals surface area contributed by atoms with Gasteiger partial charge < -0.3 is 16.0 Å². The summed E-state index contributed by atoms with van der Waals surface area (Å²) in [6, 6.07) is 1.84. The van der Waals surface area contributed by atoms with Crippen molar-refractivity contribution >= 4 is 18.3 Å². The summed E-state index contributed by atoms with van der Waals surface area (Å²) < 4.78 is 0. The number of carbonyl (C=O) groups excluding carboxylic acids is 1. The molecule has 4 N–H and O–H groups in total. The molecule has 0 fully saturated rings. The van der Waals surface area contributed by atoms with Crippen LogP contribution in [0.4, 0.5) is 0 Å². The van der Waals surface area contributed by atoms with Gasteiger partial charge >= 0.3 is 0 Å². The fraction of sp³-hybridized carbons (Fsp3) is 0.583. The highest BCUT2D eigenvalue weighted by Crippen LogP contribution is 2.08. The second-order valence-electron chi connectivity index (χ2n) is 4.55. The zero-order chi connectivity index (χ0) is 12.1. The molecular weight excluding hydrogens is 238 g/mol. The zero-order valence-corrected chi connectivity index (χ0v) is 11.4. The molecule has 1 unspecified atom stereocenters. The van der Waals surface area contributed by atoms with Crippen molar-refractivity contribution in [3.8, 4) is 0 Å². The normalized spacial score (nSPS) is 12.1. The third-order valence-electron chi connectivity index (χ3n) is 2.57. The molecule has 0 spiro atoms. The molecule has 0 aliphatic rings. The van der Waals surface area contributed by atoms with Crippen molar-refractivity contribution in [2.24, 2.45) is 11.7 Å². The van der Waals surface area contributed by atoms with Gasteiger partial charge in [0.05, 0.1) is 5.56 Å². The van der Waals surface area contributed by atoms with Crippen LogP contribution in [0.3, 0.4) is 0 Å². The average Bonchev–Trinajstić information content (AvgIpc) is 2.62. The van der Waals surface area contributed by atoms with Gasteiger partial charge in [0, 0.05) is 24.5 Å². The van der Waals surface area contributed by atoms with Crippen molar-refractivity contribution in [2.45, 2.75) is 33.2 Å². The van der Waals surface area contributed by atoms with E-state index >= 15 is 0 Å². The SMILES string of the molecule is Cc1[nH]ccc1C(=O)NC(CN)CC(C)C.Cl. The molecule has 4 nitrogen and oxygen atoms in total. The van der Waals surface area contributed by atoms with Crippen molar-refractivity contribution < 1.29 is 4.79 Å². The van der Waals surface area contributed by atoms with Gasteiger partial charge in [0.1, 0.15) is 0 Å². The van der Waals surface area contributed by atoms with Crippen LogP contribution in [0.15, 0.2) is 12.3 Å². The number of nitrogens with one attached hydrogen (secondary N) is 2. The van der Waals surface area contributed by atoms with Gasteiger partial charge in [-0.25, -0.2) is 0 Å². The quantitative estimate of drug-likeness (QED) is 0.755. The fourth-order valence-corrected chi connectivity index (χ4v) is 1.74. The lowest BCUT2D eigenvalue weighted by Crippen LogP contribution is -2.41.